The highest BCUT2D eigenvalue weighted by molar-refractivity contribution is 5.98. The van der Waals surface area contributed by atoms with Crippen molar-refractivity contribution < 1.29 is 4.79 Å². The highest BCUT2D eigenvalue weighted by Crippen LogP contribution is 2.27. The Labute approximate surface area is 164 Å². The molecule has 0 aromatic heterocycles. The largest absolute Gasteiger partial charge is 0.354 e. The van der Waals surface area contributed by atoms with E-state index in [-0.39, 0.29) is 12.5 Å². The summed E-state index contributed by atoms with van der Waals surface area (Å²) in [4.78, 5) is 21.2. The minimum Gasteiger partial charge on any atom is -0.354 e. The molecule has 0 spiro atoms. The quantitative estimate of drug-likeness (QED) is 0.515. The van der Waals surface area contributed by atoms with Crippen LogP contribution in [0.2, 0.25) is 0 Å². The fourth-order valence-electron chi connectivity index (χ4n) is 3.51. The number of nitrogens with one attached hydrogen (secondary N) is 2. The third kappa shape index (κ3) is 6.24. The normalized spacial score (nSPS) is 15.0. The maximum absolute atomic E-state index is 12.6. The van der Waals surface area contributed by atoms with Crippen molar-refractivity contribution in [2.75, 3.05) is 44.7 Å². The molecule has 0 bridgehead atoms. The minimum absolute atomic E-state index is 0.0806. The average molecular weight is 374 g/mol. The number of anilines is 1. The zero-order chi connectivity index (χ0) is 19.6. The number of hydrogen-bond donors (Lipinski definition) is 2. The van der Waals surface area contributed by atoms with Gasteiger partial charge in [0.05, 0.1) is 6.54 Å². The van der Waals surface area contributed by atoms with Gasteiger partial charge < -0.3 is 20.4 Å². The van der Waals surface area contributed by atoms with E-state index in [1.54, 1.807) is 7.05 Å². The molecule has 1 aliphatic rings. The van der Waals surface area contributed by atoms with Crippen LogP contribution in [0.5, 0.6) is 0 Å². The molecule has 0 saturated heterocycles. The van der Waals surface area contributed by atoms with Crippen molar-refractivity contribution in [2.24, 2.45) is 4.99 Å². The van der Waals surface area contributed by atoms with Crippen LogP contribution in [0.25, 0.3) is 0 Å². The van der Waals surface area contributed by atoms with E-state index in [9.17, 15) is 4.79 Å². The third-order valence-corrected chi connectivity index (χ3v) is 5.21. The highest BCUT2D eigenvalue weighted by Gasteiger charge is 2.23. The number of hydrogen-bond acceptors (Lipinski definition) is 3. The predicted molar refractivity (Wildman–Crippen MR) is 113 cm³/mol. The Morgan fingerprint density at radius 3 is 2.74 bits per heavy atom. The van der Waals surface area contributed by atoms with Crippen LogP contribution in [0.15, 0.2) is 29.3 Å². The van der Waals surface area contributed by atoms with Gasteiger partial charge in [0.15, 0.2) is 5.96 Å². The molecule has 0 fully saturated rings. The molecule has 2 rings (SSSR count). The summed E-state index contributed by atoms with van der Waals surface area (Å²) < 4.78 is 0. The SMILES string of the molecule is CCN(CC)CCCC(C)NC(=NC)NCC(=O)N1CCc2ccccc21. The lowest BCUT2D eigenvalue weighted by atomic mass is 10.2. The van der Waals surface area contributed by atoms with Crippen LogP contribution in [-0.2, 0) is 11.2 Å². The summed E-state index contributed by atoms with van der Waals surface area (Å²) in [7, 11) is 1.74. The summed E-state index contributed by atoms with van der Waals surface area (Å²) in [5.41, 5.74) is 2.28. The molecule has 6 nitrogen and oxygen atoms in total. The number of guanidine groups is 1. The zero-order valence-electron chi connectivity index (χ0n) is 17.3. The smallest absolute Gasteiger partial charge is 0.246 e. The Morgan fingerprint density at radius 1 is 1.30 bits per heavy atom. The monoisotopic (exact) mass is 373 g/mol. The molecule has 27 heavy (non-hydrogen) atoms. The number of rotatable bonds is 9. The van der Waals surface area contributed by atoms with E-state index in [1.165, 1.54) is 5.56 Å². The molecule has 1 atom stereocenters. The number of carbonyl (C=O) groups is 1. The molecule has 6 heteroatoms. The summed E-state index contributed by atoms with van der Waals surface area (Å²) in [6.45, 7) is 10.9. The number of nitrogens with zero attached hydrogens (tertiary/aromatic N) is 3. The van der Waals surface area contributed by atoms with Gasteiger partial charge in [0.25, 0.3) is 0 Å². The van der Waals surface area contributed by atoms with E-state index in [4.69, 9.17) is 0 Å². The predicted octanol–water partition coefficient (Wildman–Crippen LogP) is 2.25. The van der Waals surface area contributed by atoms with Crippen LogP contribution in [0.1, 0.15) is 39.2 Å². The summed E-state index contributed by atoms with van der Waals surface area (Å²) in [5, 5.41) is 6.56. The van der Waals surface area contributed by atoms with E-state index < -0.39 is 0 Å². The van der Waals surface area contributed by atoms with E-state index in [2.05, 4.69) is 47.4 Å². The Kier molecular flexibility index (Phi) is 8.58. The van der Waals surface area contributed by atoms with Gasteiger partial charge in [-0.15, -0.1) is 0 Å². The Balaban J connectivity index is 1.74. The third-order valence-electron chi connectivity index (χ3n) is 5.21. The van der Waals surface area contributed by atoms with Crippen LogP contribution >= 0.6 is 0 Å². The molecule has 1 heterocycles. The Bertz CT molecular complexity index is 627. The number of aliphatic imine (C=N–C) groups is 1. The fraction of sp³-hybridized carbons (Fsp3) is 0.619. The van der Waals surface area contributed by atoms with Crippen LogP contribution in [-0.4, -0.2) is 62.6 Å². The van der Waals surface area contributed by atoms with Crippen molar-refractivity contribution >= 4 is 17.6 Å². The molecular weight excluding hydrogens is 338 g/mol. The summed E-state index contributed by atoms with van der Waals surface area (Å²) in [6.07, 6.45) is 3.15. The lowest BCUT2D eigenvalue weighted by Gasteiger charge is -2.22. The van der Waals surface area contributed by atoms with Crippen LogP contribution in [0, 0.1) is 0 Å². The number of para-hydroxylation sites is 1. The van der Waals surface area contributed by atoms with Crippen molar-refractivity contribution in [3.63, 3.8) is 0 Å². The van der Waals surface area contributed by atoms with E-state index in [0.29, 0.717) is 12.0 Å². The first kappa shape index (κ1) is 21.2. The summed E-state index contributed by atoms with van der Waals surface area (Å²) in [5.74, 6) is 0.767. The minimum atomic E-state index is 0.0806. The molecule has 150 valence electrons. The van der Waals surface area contributed by atoms with Gasteiger partial charge in [-0.25, -0.2) is 0 Å². The topological polar surface area (TPSA) is 60.0 Å². The first-order valence-corrected chi connectivity index (χ1v) is 10.2. The van der Waals surface area contributed by atoms with E-state index >= 15 is 0 Å². The molecule has 0 radical (unpaired) electrons. The molecule has 2 N–H and O–H groups in total. The summed E-state index contributed by atoms with van der Waals surface area (Å²) in [6, 6.07) is 8.44. The zero-order valence-corrected chi connectivity index (χ0v) is 17.3. The van der Waals surface area contributed by atoms with E-state index in [1.807, 2.05) is 23.1 Å². The van der Waals surface area contributed by atoms with Gasteiger partial charge in [0, 0.05) is 25.3 Å². The second-order valence-corrected chi connectivity index (χ2v) is 7.06. The number of carbonyl (C=O) groups excluding carboxylic acids is 1. The number of benzene rings is 1. The molecule has 1 unspecified atom stereocenters. The Morgan fingerprint density at radius 2 is 2.04 bits per heavy atom. The molecule has 1 aromatic rings. The van der Waals surface area contributed by atoms with Crippen molar-refractivity contribution in [2.45, 2.75) is 46.1 Å². The van der Waals surface area contributed by atoms with Gasteiger partial charge in [-0.05, 0) is 57.5 Å². The fourth-order valence-corrected chi connectivity index (χ4v) is 3.51. The van der Waals surface area contributed by atoms with Crippen LogP contribution in [0.4, 0.5) is 5.69 Å². The molecule has 1 aliphatic heterocycles. The molecule has 0 aliphatic carbocycles. The summed E-state index contributed by atoms with van der Waals surface area (Å²) >= 11 is 0. The van der Waals surface area contributed by atoms with Gasteiger partial charge in [-0.2, -0.15) is 0 Å². The van der Waals surface area contributed by atoms with Gasteiger partial charge in [-0.1, -0.05) is 32.0 Å². The average Bonchev–Trinajstić information content (AvgIpc) is 3.12. The first-order valence-electron chi connectivity index (χ1n) is 10.2. The van der Waals surface area contributed by atoms with Crippen molar-refractivity contribution in [3.8, 4) is 0 Å². The number of amides is 1. The van der Waals surface area contributed by atoms with Crippen molar-refractivity contribution in [1.82, 2.24) is 15.5 Å². The molecule has 1 amide bonds. The molecular formula is C21H35N5O. The first-order chi connectivity index (χ1) is 13.1. The van der Waals surface area contributed by atoms with Crippen molar-refractivity contribution in [1.29, 1.82) is 0 Å². The second-order valence-electron chi connectivity index (χ2n) is 7.06. The second kappa shape index (κ2) is 10.9. The standard InChI is InChI=1S/C21H35N5O/c1-5-25(6-2)14-9-10-17(3)24-21(22-4)23-16-20(27)26-15-13-18-11-7-8-12-19(18)26/h7-8,11-12,17H,5-6,9-10,13-16H2,1-4H3,(H2,22,23,24). The lowest BCUT2D eigenvalue weighted by Crippen LogP contribution is -2.47. The highest BCUT2D eigenvalue weighted by atomic mass is 16.2. The van der Waals surface area contributed by atoms with Gasteiger partial charge in [-0.3, -0.25) is 9.79 Å². The Hall–Kier alpha value is -2.08. The van der Waals surface area contributed by atoms with Crippen LogP contribution < -0.4 is 15.5 Å². The van der Waals surface area contributed by atoms with Crippen LogP contribution in [0.3, 0.4) is 0 Å². The van der Waals surface area contributed by atoms with E-state index in [0.717, 1.165) is 51.1 Å². The van der Waals surface area contributed by atoms with Gasteiger partial charge in [0.1, 0.15) is 0 Å². The maximum Gasteiger partial charge on any atom is 0.246 e. The molecule has 1 aromatic carbocycles. The number of fused-ring (bicyclic) bond motifs is 1. The maximum atomic E-state index is 12.6. The molecule has 0 saturated carbocycles. The van der Waals surface area contributed by atoms with Gasteiger partial charge >= 0.3 is 0 Å². The lowest BCUT2D eigenvalue weighted by molar-refractivity contribution is -0.117. The van der Waals surface area contributed by atoms with Crippen molar-refractivity contribution in [3.05, 3.63) is 29.8 Å². The van der Waals surface area contributed by atoms with Gasteiger partial charge in [0.2, 0.25) is 5.91 Å².